The molecule has 9 heavy (non-hydrogen) atoms. The van der Waals surface area contributed by atoms with Gasteiger partial charge in [0.05, 0.1) is 5.71 Å². The second-order valence-corrected chi connectivity index (χ2v) is 2.05. The predicted octanol–water partition coefficient (Wildman–Crippen LogP) is 0.431. The van der Waals surface area contributed by atoms with Crippen molar-refractivity contribution in [2.45, 2.75) is 27.2 Å². The fraction of sp³-hybridized carbons (Fsp3) is 0.833. The molecule has 0 radical (unpaired) electrons. The van der Waals surface area contributed by atoms with E-state index in [9.17, 15) is 0 Å². The lowest BCUT2D eigenvalue weighted by atomic mass is 10.1. The molecule has 1 atom stereocenters. The Bertz CT molecular complexity index is 93.1. The fourth-order valence-corrected chi connectivity index (χ4v) is 0.394. The van der Waals surface area contributed by atoms with E-state index in [0.717, 1.165) is 12.1 Å². The minimum atomic E-state index is 0. The van der Waals surface area contributed by atoms with Gasteiger partial charge in [0.25, 0.3) is 0 Å². The van der Waals surface area contributed by atoms with E-state index in [1.807, 2.05) is 13.8 Å². The van der Waals surface area contributed by atoms with Crippen LogP contribution in [0.15, 0.2) is 5.16 Å². The lowest BCUT2D eigenvalue weighted by Crippen LogP contribution is -2.04. The maximum absolute atomic E-state index is 8.22. The standard InChI is InChI=1S/C6H13NO.H4Si/c1-4-5(2)6(3)7-8;/h5,8H,4H2,1-3H3;1H4. The molecule has 0 fully saturated rings. The fourth-order valence-electron chi connectivity index (χ4n) is 0.394. The molecule has 0 spiro atoms. The van der Waals surface area contributed by atoms with Crippen LogP contribution >= 0.6 is 0 Å². The van der Waals surface area contributed by atoms with Crippen molar-refractivity contribution in [1.82, 2.24) is 0 Å². The Labute approximate surface area is 61.0 Å². The molecule has 0 aliphatic carbocycles. The molecule has 3 heteroatoms. The third-order valence-corrected chi connectivity index (χ3v) is 1.48. The Kier molecular flexibility index (Phi) is 7.42. The molecule has 0 heterocycles. The highest BCUT2D eigenvalue weighted by Crippen LogP contribution is 2.01. The summed E-state index contributed by atoms with van der Waals surface area (Å²) >= 11 is 0. The van der Waals surface area contributed by atoms with Crippen molar-refractivity contribution in [3.8, 4) is 0 Å². The molecule has 2 nitrogen and oxygen atoms in total. The molecule has 0 saturated carbocycles. The van der Waals surface area contributed by atoms with Crippen LogP contribution in [-0.4, -0.2) is 21.9 Å². The van der Waals surface area contributed by atoms with Crippen LogP contribution < -0.4 is 0 Å². The molecule has 0 saturated heterocycles. The molecule has 0 aliphatic rings. The zero-order chi connectivity index (χ0) is 6.57. The summed E-state index contributed by atoms with van der Waals surface area (Å²) in [6.45, 7) is 5.93. The summed E-state index contributed by atoms with van der Waals surface area (Å²) in [4.78, 5) is 0. The van der Waals surface area contributed by atoms with Crippen LogP contribution in [0.2, 0.25) is 0 Å². The second kappa shape index (κ2) is 5.82. The van der Waals surface area contributed by atoms with Crippen LogP contribution in [0.1, 0.15) is 27.2 Å². The molecule has 0 aromatic rings. The van der Waals surface area contributed by atoms with Crippen LogP contribution in [0.25, 0.3) is 0 Å². The Morgan fingerprint density at radius 3 is 2.22 bits per heavy atom. The third kappa shape index (κ3) is 4.21. The van der Waals surface area contributed by atoms with E-state index >= 15 is 0 Å². The minimum absolute atomic E-state index is 0. The van der Waals surface area contributed by atoms with Crippen molar-refractivity contribution in [2.75, 3.05) is 0 Å². The van der Waals surface area contributed by atoms with Crippen molar-refractivity contribution in [3.05, 3.63) is 0 Å². The van der Waals surface area contributed by atoms with Crippen molar-refractivity contribution >= 4 is 16.7 Å². The lowest BCUT2D eigenvalue weighted by Gasteiger charge is -2.02. The average Bonchev–Trinajstić information content (AvgIpc) is 1.84. The predicted molar refractivity (Wildman–Crippen MR) is 45.7 cm³/mol. The number of rotatable bonds is 2. The van der Waals surface area contributed by atoms with Gasteiger partial charge in [0.1, 0.15) is 0 Å². The average molecular weight is 147 g/mol. The monoisotopic (exact) mass is 147 g/mol. The molecule has 56 valence electrons. The van der Waals surface area contributed by atoms with Crippen LogP contribution in [0.5, 0.6) is 0 Å². The Morgan fingerprint density at radius 2 is 2.11 bits per heavy atom. The summed E-state index contributed by atoms with van der Waals surface area (Å²) in [6.07, 6.45) is 1.04. The smallest absolute Gasteiger partial charge is 0.0567 e. The zero-order valence-corrected chi connectivity index (χ0v) is 5.68. The number of nitrogens with zero attached hydrogens (tertiary/aromatic N) is 1. The largest absolute Gasteiger partial charge is 0.411 e. The molecule has 0 amide bonds. The van der Waals surface area contributed by atoms with E-state index in [1.165, 1.54) is 0 Å². The van der Waals surface area contributed by atoms with Crippen molar-refractivity contribution in [2.24, 2.45) is 11.1 Å². The molecule has 0 rings (SSSR count). The summed E-state index contributed by atoms with van der Waals surface area (Å²) in [5.41, 5.74) is 0.813. The SMILES string of the molecule is CCC(C)C(C)=NO.[SiH4]. The van der Waals surface area contributed by atoms with Gasteiger partial charge in [-0.15, -0.1) is 0 Å². The van der Waals surface area contributed by atoms with Gasteiger partial charge in [-0.05, 0) is 30.2 Å². The quantitative estimate of drug-likeness (QED) is 0.261. The van der Waals surface area contributed by atoms with E-state index in [2.05, 4.69) is 12.1 Å². The molecular weight excluding hydrogens is 130 g/mol. The van der Waals surface area contributed by atoms with Gasteiger partial charge in [0.15, 0.2) is 0 Å². The molecule has 1 N–H and O–H groups in total. The first kappa shape index (κ1) is 11.5. The zero-order valence-electron chi connectivity index (χ0n) is 5.68. The highest BCUT2D eigenvalue weighted by atomic mass is 28.1. The normalized spacial score (nSPS) is 14.3. The van der Waals surface area contributed by atoms with Gasteiger partial charge in [-0.25, -0.2) is 0 Å². The Hall–Kier alpha value is -0.313. The van der Waals surface area contributed by atoms with Gasteiger partial charge in [-0.3, -0.25) is 0 Å². The molecule has 0 aromatic carbocycles. The van der Waals surface area contributed by atoms with Crippen LogP contribution in [0.4, 0.5) is 0 Å². The Balaban J connectivity index is 0. The first-order valence-corrected chi connectivity index (χ1v) is 2.90. The van der Waals surface area contributed by atoms with Crippen molar-refractivity contribution in [3.63, 3.8) is 0 Å². The van der Waals surface area contributed by atoms with Gasteiger partial charge < -0.3 is 5.21 Å². The van der Waals surface area contributed by atoms with Gasteiger partial charge in [-0.1, -0.05) is 19.0 Å². The summed E-state index contributed by atoms with van der Waals surface area (Å²) in [6, 6.07) is 0. The van der Waals surface area contributed by atoms with Crippen molar-refractivity contribution < 1.29 is 5.21 Å². The molecule has 0 aliphatic heterocycles. The molecular formula is C6H17NOSi. The van der Waals surface area contributed by atoms with E-state index in [0.29, 0.717) is 5.92 Å². The van der Waals surface area contributed by atoms with Gasteiger partial charge >= 0.3 is 0 Å². The molecule has 0 aromatic heterocycles. The van der Waals surface area contributed by atoms with Gasteiger partial charge in [0.2, 0.25) is 0 Å². The molecule has 1 unspecified atom stereocenters. The van der Waals surface area contributed by atoms with Crippen LogP contribution in [0, 0.1) is 5.92 Å². The first-order valence-electron chi connectivity index (χ1n) is 2.90. The highest BCUT2D eigenvalue weighted by molar-refractivity contribution is 5.83. The second-order valence-electron chi connectivity index (χ2n) is 2.05. The third-order valence-electron chi connectivity index (χ3n) is 1.48. The summed E-state index contributed by atoms with van der Waals surface area (Å²) in [5, 5.41) is 11.3. The van der Waals surface area contributed by atoms with Gasteiger partial charge in [0, 0.05) is 0 Å². The summed E-state index contributed by atoms with van der Waals surface area (Å²) in [7, 11) is 0. The summed E-state index contributed by atoms with van der Waals surface area (Å²) < 4.78 is 0. The maximum Gasteiger partial charge on any atom is 0.0567 e. The Morgan fingerprint density at radius 1 is 1.67 bits per heavy atom. The topological polar surface area (TPSA) is 32.6 Å². The maximum atomic E-state index is 8.22. The highest BCUT2D eigenvalue weighted by Gasteiger charge is 2.00. The van der Waals surface area contributed by atoms with E-state index in [4.69, 9.17) is 5.21 Å². The number of hydrogen-bond donors (Lipinski definition) is 1. The van der Waals surface area contributed by atoms with Crippen LogP contribution in [0.3, 0.4) is 0 Å². The minimum Gasteiger partial charge on any atom is -0.411 e. The summed E-state index contributed by atoms with van der Waals surface area (Å²) in [5.74, 6) is 0.417. The van der Waals surface area contributed by atoms with Crippen molar-refractivity contribution in [1.29, 1.82) is 0 Å². The van der Waals surface area contributed by atoms with E-state index in [-0.39, 0.29) is 11.0 Å². The first-order chi connectivity index (χ1) is 3.72. The van der Waals surface area contributed by atoms with E-state index < -0.39 is 0 Å². The van der Waals surface area contributed by atoms with Gasteiger partial charge in [-0.2, -0.15) is 0 Å². The molecule has 0 bridgehead atoms. The van der Waals surface area contributed by atoms with Crippen LogP contribution in [-0.2, 0) is 0 Å². The number of hydrogen-bond acceptors (Lipinski definition) is 2. The lowest BCUT2D eigenvalue weighted by molar-refractivity contribution is 0.314. The number of oxime groups is 1. The van der Waals surface area contributed by atoms with E-state index in [1.54, 1.807) is 0 Å².